The van der Waals surface area contributed by atoms with Gasteiger partial charge in [0.05, 0.1) is 25.4 Å². The number of likely N-dealkylation sites (tertiary alicyclic amines) is 1. The summed E-state index contributed by atoms with van der Waals surface area (Å²) in [5, 5.41) is 11.4. The standard InChI is InChI=1S/C32H51NO5Si2/c1-31(2,3)39(8,9)37-28-26(21-27(34)24-17-19-25(36-7)20-18-24)33(22-23-15-13-12-14-16-23)30(35)29(28)38-40(10,11)32(4,5)6/h12-20,26-29,34H,21-22H2,1-11H3/t26-,27?,28+,29-/m1/s1. The lowest BCUT2D eigenvalue weighted by Crippen LogP contribution is -2.53. The van der Waals surface area contributed by atoms with Gasteiger partial charge in [-0.25, -0.2) is 0 Å². The zero-order chi connectivity index (χ0) is 30.1. The maximum atomic E-state index is 14.3. The Kier molecular flexibility index (Phi) is 9.84. The molecule has 3 rings (SSSR count). The van der Waals surface area contributed by atoms with E-state index in [2.05, 4.69) is 67.7 Å². The molecule has 1 aliphatic rings. The molecule has 0 radical (unpaired) electrons. The van der Waals surface area contributed by atoms with E-state index in [1.807, 2.05) is 59.5 Å². The number of benzene rings is 2. The fraction of sp³-hybridized carbons (Fsp3) is 0.594. The molecular weight excluding hydrogens is 535 g/mol. The SMILES string of the molecule is COc1ccc(C(O)C[C@@H]2[C@H](O[Si](C)(C)C(C)(C)C)[C@@H](O[Si](C)(C)C(C)(C)C)C(=O)N2Cc2ccccc2)cc1. The van der Waals surface area contributed by atoms with E-state index >= 15 is 0 Å². The number of amides is 1. The highest BCUT2D eigenvalue weighted by molar-refractivity contribution is 6.74. The van der Waals surface area contributed by atoms with E-state index in [1.54, 1.807) is 7.11 Å². The van der Waals surface area contributed by atoms with Crippen molar-refractivity contribution in [2.75, 3.05) is 7.11 Å². The Morgan fingerprint density at radius 2 is 1.38 bits per heavy atom. The van der Waals surface area contributed by atoms with Crippen molar-refractivity contribution in [2.24, 2.45) is 0 Å². The number of methoxy groups -OCH3 is 1. The predicted octanol–water partition coefficient (Wildman–Crippen LogP) is 7.31. The summed E-state index contributed by atoms with van der Waals surface area (Å²) in [4.78, 5) is 16.2. The normalized spacial score (nSPS) is 21.6. The molecule has 2 aromatic carbocycles. The summed E-state index contributed by atoms with van der Waals surface area (Å²) in [6.07, 6.45) is -1.63. The third-order valence-electron chi connectivity index (χ3n) is 9.23. The molecule has 0 bridgehead atoms. The summed E-state index contributed by atoms with van der Waals surface area (Å²) in [5.74, 6) is 0.684. The zero-order valence-corrected chi connectivity index (χ0v) is 28.4. The molecule has 1 heterocycles. The molecule has 1 saturated heterocycles. The Bertz CT molecular complexity index is 1120. The summed E-state index contributed by atoms with van der Waals surface area (Å²) >= 11 is 0. The average molecular weight is 586 g/mol. The minimum absolute atomic E-state index is 0.0516. The second-order valence-corrected chi connectivity index (χ2v) is 23.7. The number of hydrogen-bond acceptors (Lipinski definition) is 5. The molecule has 4 atom stereocenters. The molecule has 0 spiro atoms. The fourth-order valence-electron chi connectivity index (χ4n) is 4.54. The van der Waals surface area contributed by atoms with Crippen LogP contribution >= 0.6 is 0 Å². The first-order valence-electron chi connectivity index (χ1n) is 14.4. The number of nitrogens with zero attached hydrogens (tertiary/aromatic N) is 1. The Balaban J connectivity index is 2.08. The summed E-state index contributed by atoms with van der Waals surface area (Å²) in [6, 6.07) is 17.2. The lowest BCUT2D eigenvalue weighted by molar-refractivity contribution is -0.136. The molecule has 40 heavy (non-hydrogen) atoms. The van der Waals surface area contributed by atoms with Crippen LogP contribution in [0.2, 0.25) is 36.3 Å². The number of carbonyl (C=O) groups excluding carboxylic acids is 1. The fourth-order valence-corrected chi connectivity index (χ4v) is 7.08. The largest absolute Gasteiger partial charge is 0.497 e. The second-order valence-electron chi connectivity index (χ2n) is 14.2. The van der Waals surface area contributed by atoms with Gasteiger partial charge in [-0.1, -0.05) is 84.0 Å². The number of aliphatic hydroxyl groups excluding tert-OH is 1. The zero-order valence-electron chi connectivity index (χ0n) is 26.4. The number of carbonyl (C=O) groups is 1. The first-order valence-corrected chi connectivity index (χ1v) is 20.2. The molecule has 1 unspecified atom stereocenters. The van der Waals surface area contributed by atoms with E-state index in [0.29, 0.717) is 13.0 Å². The van der Waals surface area contributed by atoms with Gasteiger partial charge in [-0.15, -0.1) is 0 Å². The van der Waals surface area contributed by atoms with E-state index in [0.717, 1.165) is 16.9 Å². The van der Waals surface area contributed by atoms with Crippen molar-refractivity contribution in [3.05, 3.63) is 65.7 Å². The highest BCUT2D eigenvalue weighted by Crippen LogP contribution is 2.44. The van der Waals surface area contributed by atoms with Gasteiger partial charge in [0.1, 0.15) is 5.75 Å². The van der Waals surface area contributed by atoms with Crippen LogP contribution in [0, 0.1) is 0 Å². The Morgan fingerprint density at radius 1 is 0.850 bits per heavy atom. The van der Waals surface area contributed by atoms with Crippen LogP contribution in [0.15, 0.2) is 54.6 Å². The van der Waals surface area contributed by atoms with Crippen LogP contribution in [0.5, 0.6) is 5.75 Å². The number of aliphatic hydroxyl groups is 1. The summed E-state index contributed by atoms with van der Waals surface area (Å²) in [7, 11) is -3.01. The van der Waals surface area contributed by atoms with Crippen LogP contribution in [-0.4, -0.2) is 57.9 Å². The van der Waals surface area contributed by atoms with E-state index in [1.165, 1.54) is 0 Å². The molecule has 0 saturated carbocycles. The van der Waals surface area contributed by atoms with Crippen molar-refractivity contribution in [1.29, 1.82) is 0 Å². The molecule has 8 heteroatoms. The first kappa shape index (κ1) is 32.5. The first-order chi connectivity index (χ1) is 18.4. The van der Waals surface area contributed by atoms with Gasteiger partial charge in [-0.3, -0.25) is 4.79 Å². The Morgan fingerprint density at radius 3 is 1.88 bits per heavy atom. The van der Waals surface area contributed by atoms with Crippen LogP contribution < -0.4 is 4.74 Å². The van der Waals surface area contributed by atoms with Gasteiger partial charge in [0.25, 0.3) is 5.91 Å². The quantitative estimate of drug-likeness (QED) is 0.296. The van der Waals surface area contributed by atoms with Gasteiger partial charge in [-0.05, 0) is 59.5 Å². The molecule has 6 nitrogen and oxygen atoms in total. The molecule has 1 N–H and O–H groups in total. The maximum absolute atomic E-state index is 14.3. The highest BCUT2D eigenvalue weighted by Gasteiger charge is 2.55. The van der Waals surface area contributed by atoms with Gasteiger partial charge in [0.2, 0.25) is 0 Å². The Labute approximate surface area is 244 Å². The van der Waals surface area contributed by atoms with Crippen LogP contribution in [0.4, 0.5) is 0 Å². The van der Waals surface area contributed by atoms with Crippen LogP contribution in [0.25, 0.3) is 0 Å². The third-order valence-corrected chi connectivity index (χ3v) is 18.2. The van der Waals surface area contributed by atoms with Crippen molar-refractivity contribution >= 4 is 22.5 Å². The molecule has 222 valence electrons. The highest BCUT2D eigenvalue weighted by atomic mass is 28.4. The van der Waals surface area contributed by atoms with Crippen molar-refractivity contribution in [2.45, 2.75) is 115 Å². The molecule has 0 aliphatic carbocycles. The van der Waals surface area contributed by atoms with E-state index in [4.69, 9.17) is 13.6 Å². The third kappa shape index (κ3) is 7.26. The van der Waals surface area contributed by atoms with Gasteiger partial charge < -0.3 is 23.6 Å². The second kappa shape index (κ2) is 12.1. The Hall–Kier alpha value is -1.98. The monoisotopic (exact) mass is 585 g/mol. The van der Waals surface area contributed by atoms with Crippen molar-refractivity contribution < 1.29 is 23.5 Å². The van der Waals surface area contributed by atoms with Crippen molar-refractivity contribution in [1.82, 2.24) is 4.90 Å². The van der Waals surface area contributed by atoms with E-state index in [9.17, 15) is 9.90 Å². The minimum Gasteiger partial charge on any atom is -0.497 e. The van der Waals surface area contributed by atoms with Gasteiger partial charge >= 0.3 is 0 Å². The number of hydrogen-bond donors (Lipinski definition) is 1. The van der Waals surface area contributed by atoms with Crippen molar-refractivity contribution in [3.8, 4) is 5.75 Å². The molecule has 1 amide bonds. The molecule has 1 fully saturated rings. The topological polar surface area (TPSA) is 68.2 Å². The van der Waals surface area contributed by atoms with E-state index < -0.39 is 34.9 Å². The summed E-state index contributed by atoms with van der Waals surface area (Å²) < 4.78 is 19.3. The van der Waals surface area contributed by atoms with E-state index in [-0.39, 0.29) is 22.0 Å². The van der Waals surface area contributed by atoms with Crippen LogP contribution in [-0.2, 0) is 20.2 Å². The average Bonchev–Trinajstić information content (AvgIpc) is 3.07. The summed E-state index contributed by atoms with van der Waals surface area (Å²) in [6.45, 7) is 22.5. The predicted molar refractivity (Wildman–Crippen MR) is 167 cm³/mol. The number of ether oxygens (including phenoxy) is 1. The molecule has 1 aliphatic heterocycles. The lowest BCUT2D eigenvalue weighted by atomic mass is 9.98. The van der Waals surface area contributed by atoms with Crippen LogP contribution in [0.1, 0.15) is 65.2 Å². The number of rotatable bonds is 10. The van der Waals surface area contributed by atoms with Crippen LogP contribution in [0.3, 0.4) is 0 Å². The lowest BCUT2D eigenvalue weighted by Gasteiger charge is -2.43. The van der Waals surface area contributed by atoms with Crippen molar-refractivity contribution in [3.63, 3.8) is 0 Å². The molecule has 2 aromatic rings. The summed E-state index contributed by atoms with van der Waals surface area (Å²) in [5.41, 5.74) is 1.83. The smallest absolute Gasteiger partial charge is 0.253 e. The van der Waals surface area contributed by atoms with Gasteiger partial charge in [-0.2, -0.15) is 0 Å². The van der Waals surface area contributed by atoms with Gasteiger partial charge in [0.15, 0.2) is 22.7 Å². The molecular formula is C32H51NO5Si2. The maximum Gasteiger partial charge on any atom is 0.253 e. The van der Waals surface area contributed by atoms with Gasteiger partial charge in [0, 0.05) is 13.0 Å². The molecule has 0 aromatic heterocycles. The minimum atomic E-state index is -2.33.